The number of ether oxygens (including phenoxy) is 2. The average Bonchev–Trinajstić information content (AvgIpc) is 2.83. The minimum absolute atomic E-state index is 0.0529. The number of phenolic OH excluding ortho intramolecular Hbond substituents is 4. The van der Waals surface area contributed by atoms with E-state index in [1.54, 1.807) is 62.4 Å². The number of fused-ring (bicyclic) bond motifs is 2. The summed E-state index contributed by atoms with van der Waals surface area (Å²) in [5.74, 6) is -1.97. The largest absolute Gasteiger partial charge is 0.507 e. The summed E-state index contributed by atoms with van der Waals surface area (Å²) in [5.41, 5.74) is 0.136. The number of rotatable bonds is 4. The molecule has 9 heteroatoms. The highest BCUT2D eigenvalue weighted by Crippen LogP contribution is 2.43. The molecular formula is C26H23BrO8. The van der Waals surface area contributed by atoms with E-state index >= 15 is 0 Å². The molecule has 0 saturated heterocycles. The summed E-state index contributed by atoms with van der Waals surface area (Å²) in [4.78, 5) is 23.6. The minimum atomic E-state index is -0.619. The van der Waals surface area contributed by atoms with Gasteiger partial charge >= 0.3 is 11.9 Å². The Morgan fingerprint density at radius 3 is 1.69 bits per heavy atom. The number of carbonyl (C=O) groups is 2. The van der Waals surface area contributed by atoms with Crippen molar-refractivity contribution in [1.82, 2.24) is 0 Å². The van der Waals surface area contributed by atoms with E-state index in [1.807, 2.05) is 0 Å². The number of benzene rings is 4. The van der Waals surface area contributed by atoms with Crippen LogP contribution in [0.1, 0.15) is 34.6 Å². The third kappa shape index (κ3) is 5.09. The van der Waals surface area contributed by atoms with Crippen LogP contribution in [0.5, 0.6) is 23.0 Å². The van der Waals surface area contributed by atoms with Gasteiger partial charge in [-0.2, -0.15) is 0 Å². The maximum Gasteiger partial charge on any atom is 0.342 e. The van der Waals surface area contributed by atoms with Crippen molar-refractivity contribution in [2.75, 3.05) is 13.2 Å². The lowest BCUT2D eigenvalue weighted by atomic mass is 10.0. The van der Waals surface area contributed by atoms with Gasteiger partial charge in [-0.15, -0.1) is 0 Å². The van der Waals surface area contributed by atoms with Gasteiger partial charge in [-0.1, -0.05) is 48.5 Å². The van der Waals surface area contributed by atoms with Gasteiger partial charge in [-0.3, -0.25) is 0 Å². The van der Waals surface area contributed by atoms with Gasteiger partial charge in [0, 0.05) is 27.6 Å². The maximum absolute atomic E-state index is 11.9. The van der Waals surface area contributed by atoms with Crippen molar-refractivity contribution in [1.29, 1.82) is 0 Å². The molecule has 4 aromatic carbocycles. The van der Waals surface area contributed by atoms with E-state index in [0.717, 1.165) is 6.07 Å². The van der Waals surface area contributed by atoms with Crippen LogP contribution in [0.25, 0.3) is 21.5 Å². The molecule has 4 rings (SSSR count). The third-order valence-electron chi connectivity index (χ3n) is 5.07. The second-order valence-electron chi connectivity index (χ2n) is 7.21. The Balaban J connectivity index is 0.000000196. The molecule has 0 aliphatic heterocycles. The van der Waals surface area contributed by atoms with E-state index in [1.165, 1.54) is 0 Å². The Morgan fingerprint density at radius 1 is 0.686 bits per heavy atom. The van der Waals surface area contributed by atoms with Crippen molar-refractivity contribution in [3.05, 3.63) is 70.2 Å². The summed E-state index contributed by atoms with van der Waals surface area (Å²) in [5, 5.41) is 41.2. The predicted octanol–water partition coefficient (Wildman–Crippen LogP) is 5.62. The standard InChI is InChI=1S/C13H11BrO4.C13H12O4/c1-2-18-13(17)9-7-5-3-4-6-8(7)11(15)10(14)12(9)16;1-2-17-13(16)12-9-6-4-3-5-8(9)10(14)7-11(12)15/h3-6,15-16H,2H2,1H3;3-7,14-15H,2H2,1H3. The van der Waals surface area contributed by atoms with Crippen LogP contribution in [0.4, 0.5) is 0 Å². The van der Waals surface area contributed by atoms with Crippen LogP contribution in [-0.2, 0) is 9.47 Å². The summed E-state index contributed by atoms with van der Waals surface area (Å²) < 4.78 is 9.87. The van der Waals surface area contributed by atoms with E-state index in [4.69, 9.17) is 9.47 Å². The molecule has 0 aliphatic carbocycles. The first-order chi connectivity index (χ1) is 16.7. The number of hydrogen-bond donors (Lipinski definition) is 4. The second-order valence-corrected chi connectivity index (χ2v) is 8.00. The number of esters is 2. The fraction of sp³-hybridized carbons (Fsp3) is 0.154. The maximum atomic E-state index is 11.9. The zero-order chi connectivity index (χ0) is 25.7. The normalized spacial score (nSPS) is 10.5. The zero-order valence-corrected chi connectivity index (χ0v) is 20.5. The van der Waals surface area contributed by atoms with Crippen molar-refractivity contribution >= 4 is 49.4 Å². The van der Waals surface area contributed by atoms with Crippen molar-refractivity contribution in [2.24, 2.45) is 0 Å². The molecular weight excluding hydrogens is 520 g/mol. The molecule has 0 amide bonds. The van der Waals surface area contributed by atoms with Crippen molar-refractivity contribution in [3.63, 3.8) is 0 Å². The second kappa shape index (κ2) is 11.0. The van der Waals surface area contributed by atoms with E-state index in [0.29, 0.717) is 21.5 Å². The molecule has 0 bridgehead atoms. The van der Waals surface area contributed by atoms with E-state index in [9.17, 15) is 30.0 Å². The topological polar surface area (TPSA) is 134 Å². The molecule has 0 spiro atoms. The lowest BCUT2D eigenvalue weighted by Gasteiger charge is -2.12. The van der Waals surface area contributed by atoms with Crippen molar-refractivity contribution < 1.29 is 39.5 Å². The van der Waals surface area contributed by atoms with Gasteiger partial charge in [-0.25, -0.2) is 9.59 Å². The van der Waals surface area contributed by atoms with E-state index in [-0.39, 0.29) is 51.8 Å². The molecule has 0 heterocycles. The molecule has 0 aromatic heterocycles. The quantitative estimate of drug-likeness (QED) is 0.244. The Bertz CT molecular complexity index is 1410. The zero-order valence-electron chi connectivity index (χ0n) is 18.9. The van der Waals surface area contributed by atoms with Gasteiger partial charge < -0.3 is 29.9 Å². The highest BCUT2D eigenvalue weighted by Gasteiger charge is 2.23. The molecule has 0 fully saturated rings. The Hall–Kier alpha value is -3.98. The highest BCUT2D eigenvalue weighted by molar-refractivity contribution is 9.10. The molecule has 8 nitrogen and oxygen atoms in total. The number of halogens is 1. The summed E-state index contributed by atoms with van der Waals surface area (Å²) >= 11 is 3.06. The van der Waals surface area contributed by atoms with Gasteiger partial charge in [0.05, 0.1) is 13.2 Å². The molecule has 0 atom stereocenters. The number of hydrogen-bond acceptors (Lipinski definition) is 8. The average molecular weight is 543 g/mol. The van der Waals surface area contributed by atoms with Crippen molar-refractivity contribution in [2.45, 2.75) is 13.8 Å². The third-order valence-corrected chi connectivity index (χ3v) is 5.82. The fourth-order valence-corrected chi connectivity index (χ4v) is 3.96. The van der Waals surface area contributed by atoms with Crippen LogP contribution >= 0.6 is 15.9 Å². The van der Waals surface area contributed by atoms with Gasteiger partial charge in [0.2, 0.25) is 0 Å². The van der Waals surface area contributed by atoms with Gasteiger partial charge in [0.15, 0.2) is 0 Å². The molecule has 0 unspecified atom stereocenters. The Labute approximate surface area is 209 Å². The molecule has 4 aromatic rings. The van der Waals surface area contributed by atoms with E-state index in [2.05, 4.69) is 15.9 Å². The minimum Gasteiger partial charge on any atom is -0.507 e. The molecule has 0 aliphatic rings. The summed E-state index contributed by atoms with van der Waals surface area (Å²) in [6.07, 6.45) is 0. The van der Waals surface area contributed by atoms with Crippen LogP contribution in [-0.4, -0.2) is 45.6 Å². The predicted molar refractivity (Wildman–Crippen MR) is 134 cm³/mol. The van der Waals surface area contributed by atoms with E-state index < -0.39 is 11.9 Å². The van der Waals surface area contributed by atoms with Crippen LogP contribution in [0, 0.1) is 0 Å². The van der Waals surface area contributed by atoms with Crippen LogP contribution in [0.3, 0.4) is 0 Å². The Morgan fingerprint density at radius 2 is 1.14 bits per heavy atom. The van der Waals surface area contributed by atoms with Gasteiger partial charge in [-0.05, 0) is 29.8 Å². The fourth-order valence-electron chi connectivity index (χ4n) is 3.54. The first kappa shape index (κ1) is 25.6. The first-order valence-electron chi connectivity index (χ1n) is 10.6. The molecule has 182 valence electrons. The number of aromatic hydroxyl groups is 4. The van der Waals surface area contributed by atoms with Crippen molar-refractivity contribution in [3.8, 4) is 23.0 Å². The Kier molecular flexibility index (Phi) is 8.03. The molecule has 0 saturated carbocycles. The summed E-state index contributed by atoms with van der Waals surface area (Å²) in [7, 11) is 0. The highest BCUT2D eigenvalue weighted by atomic mass is 79.9. The lowest BCUT2D eigenvalue weighted by Crippen LogP contribution is -2.06. The number of carbonyl (C=O) groups excluding carboxylic acids is 2. The molecule has 35 heavy (non-hydrogen) atoms. The van der Waals surface area contributed by atoms with Gasteiger partial charge in [0.25, 0.3) is 0 Å². The van der Waals surface area contributed by atoms with Gasteiger partial charge in [0.1, 0.15) is 38.6 Å². The number of phenols is 4. The SMILES string of the molecule is CCOC(=O)c1c(O)c(Br)c(O)c2ccccc12.CCOC(=O)c1c(O)cc(O)c2ccccc12. The van der Waals surface area contributed by atoms with Crippen LogP contribution in [0.2, 0.25) is 0 Å². The summed E-state index contributed by atoms with van der Waals surface area (Å²) in [6.45, 7) is 3.82. The smallest absolute Gasteiger partial charge is 0.342 e. The first-order valence-corrected chi connectivity index (χ1v) is 11.4. The monoisotopic (exact) mass is 542 g/mol. The molecule has 4 N–H and O–H groups in total. The molecule has 0 radical (unpaired) electrons. The van der Waals surface area contributed by atoms with Crippen LogP contribution < -0.4 is 0 Å². The lowest BCUT2D eigenvalue weighted by molar-refractivity contribution is 0.0515. The summed E-state index contributed by atoms with van der Waals surface area (Å²) in [6, 6.07) is 14.7. The van der Waals surface area contributed by atoms with Crippen LogP contribution in [0.15, 0.2) is 59.1 Å².